The van der Waals surface area contributed by atoms with Crippen molar-refractivity contribution in [2.75, 3.05) is 11.9 Å². The van der Waals surface area contributed by atoms with Gasteiger partial charge in [-0.1, -0.05) is 36.4 Å². The number of rotatable bonds is 5. The highest BCUT2D eigenvalue weighted by Crippen LogP contribution is 2.37. The van der Waals surface area contributed by atoms with Gasteiger partial charge in [0.05, 0.1) is 28.8 Å². The molecule has 4 rings (SSSR count). The Kier molecular flexibility index (Phi) is 5.21. The maximum Gasteiger partial charge on any atom is 0.416 e. The van der Waals surface area contributed by atoms with E-state index in [4.69, 9.17) is 0 Å². The Morgan fingerprint density at radius 3 is 2.52 bits per heavy atom. The lowest BCUT2D eigenvalue weighted by atomic mass is 10.1. The van der Waals surface area contributed by atoms with E-state index in [1.165, 1.54) is 23.7 Å². The number of hydrogen-bond donors (Lipinski definition) is 2. The Hall–Kier alpha value is -2.97. The molecule has 0 saturated carbocycles. The summed E-state index contributed by atoms with van der Waals surface area (Å²) < 4.78 is 39.4. The molecule has 0 spiro atoms. The van der Waals surface area contributed by atoms with E-state index in [1.807, 2.05) is 36.4 Å². The minimum absolute atomic E-state index is 0.119. The number of anilines is 1. The summed E-state index contributed by atoms with van der Waals surface area (Å²) in [7, 11) is 0. The van der Waals surface area contributed by atoms with Gasteiger partial charge in [0.2, 0.25) is 0 Å². The summed E-state index contributed by atoms with van der Waals surface area (Å²) in [5, 5.41) is 13.6. The maximum atomic E-state index is 12.9. The predicted molar refractivity (Wildman–Crippen MR) is 108 cm³/mol. The molecule has 2 heterocycles. The zero-order valence-electron chi connectivity index (χ0n) is 15.0. The molecule has 4 nitrogen and oxygen atoms in total. The molecule has 2 aromatic carbocycles. The molecule has 1 unspecified atom stereocenters. The minimum atomic E-state index is -4.37. The van der Waals surface area contributed by atoms with Crippen LogP contribution in [0.1, 0.15) is 17.2 Å². The lowest BCUT2D eigenvalue weighted by Gasteiger charge is -2.17. The molecule has 148 valence electrons. The second kappa shape index (κ2) is 7.81. The molecule has 0 fully saturated rings. The van der Waals surface area contributed by atoms with Gasteiger partial charge < -0.3 is 10.4 Å². The van der Waals surface area contributed by atoms with E-state index in [9.17, 15) is 18.3 Å². The number of aliphatic hydroxyl groups is 1. The van der Waals surface area contributed by atoms with Gasteiger partial charge in [0, 0.05) is 10.8 Å². The number of aromatic nitrogens is 2. The quantitative estimate of drug-likeness (QED) is 0.450. The van der Waals surface area contributed by atoms with Crippen molar-refractivity contribution in [1.82, 2.24) is 9.97 Å². The van der Waals surface area contributed by atoms with Crippen LogP contribution in [0.25, 0.3) is 20.7 Å². The lowest BCUT2D eigenvalue weighted by Crippen LogP contribution is -2.15. The van der Waals surface area contributed by atoms with Gasteiger partial charge in [0.25, 0.3) is 0 Å². The number of thiophene rings is 1. The summed E-state index contributed by atoms with van der Waals surface area (Å²) in [6, 6.07) is 16.4. The number of halogens is 3. The molecule has 0 saturated heterocycles. The van der Waals surface area contributed by atoms with E-state index in [0.29, 0.717) is 16.2 Å². The number of benzene rings is 2. The van der Waals surface area contributed by atoms with Crippen molar-refractivity contribution >= 4 is 27.2 Å². The number of alkyl halides is 3. The highest BCUT2D eigenvalue weighted by Gasteiger charge is 2.30. The Bertz CT molecular complexity index is 1130. The van der Waals surface area contributed by atoms with Gasteiger partial charge in [-0.15, -0.1) is 11.3 Å². The van der Waals surface area contributed by atoms with E-state index < -0.39 is 11.7 Å². The lowest BCUT2D eigenvalue weighted by molar-refractivity contribution is -0.137. The summed E-state index contributed by atoms with van der Waals surface area (Å²) in [5.41, 5.74) is 0.843. The number of hydrogen-bond acceptors (Lipinski definition) is 5. The molecule has 2 aromatic heterocycles. The highest BCUT2D eigenvalue weighted by atomic mass is 32.1. The second-order valence-electron chi connectivity index (χ2n) is 6.44. The molecule has 2 N–H and O–H groups in total. The van der Waals surface area contributed by atoms with Crippen LogP contribution in [-0.4, -0.2) is 21.7 Å². The van der Waals surface area contributed by atoms with E-state index >= 15 is 0 Å². The summed E-state index contributed by atoms with van der Waals surface area (Å²) in [4.78, 5) is 9.20. The van der Waals surface area contributed by atoms with Crippen LogP contribution in [0.5, 0.6) is 0 Å². The Labute approximate surface area is 168 Å². The Balaban J connectivity index is 1.63. The highest BCUT2D eigenvalue weighted by molar-refractivity contribution is 7.22. The first-order valence-electron chi connectivity index (χ1n) is 8.79. The Morgan fingerprint density at radius 1 is 1.00 bits per heavy atom. The molecule has 0 aliphatic rings. The predicted octanol–water partition coefficient (Wildman–Crippen LogP) is 5.52. The zero-order chi connectivity index (χ0) is 20.4. The van der Waals surface area contributed by atoms with Crippen molar-refractivity contribution < 1.29 is 18.3 Å². The smallest absolute Gasteiger partial charge is 0.394 e. The van der Waals surface area contributed by atoms with E-state index in [1.54, 1.807) is 6.07 Å². The molecule has 1 atom stereocenters. The first-order chi connectivity index (χ1) is 13.9. The average Bonchev–Trinajstić information content (AvgIpc) is 3.16. The monoisotopic (exact) mass is 415 g/mol. The van der Waals surface area contributed by atoms with Gasteiger partial charge >= 0.3 is 6.18 Å². The molecule has 0 aliphatic carbocycles. The second-order valence-corrected chi connectivity index (χ2v) is 7.52. The topological polar surface area (TPSA) is 58.0 Å². The number of aliphatic hydroxyl groups excluding tert-OH is 1. The summed E-state index contributed by atoms with van der Waals surface area (Å²) in [6.45, 7) is -0.119. The molecule has 4 aromatic rings. The third-order valence-corrected chi connectivity index (χ3v) is 5.59. The first kappa shape index (κ1) is 19.4. The molecule has 0 amide bonds. The van der Waals surface area contributed by atoms with E-state index in [-0.39, 0.29) is 12.6 Å². The van der Waals surface area contributed by atoms with E-state index in [0.717, 1.165) is 28.0 Å². The third kappa shape index (κ3) is 4.23. The zero-order valence-corrected chi connectivity index (χ0v) is 15.8. The van der Waals surface area contributed by atoms with Crippen LogP contribution in [-0.2, 0) is 6.18 Å². The van der Waals surface area contributed by atoms with Gasteiger partial charge in [-0.25, -0.2) is 9.97 Å². The molecule has 8 heteroatoms. The van der Waals surface area contributed by atoms with Gasteiger partial charge in [0.1, 0.15) is 12.1 Å². The minimum Gasteiger partial charge on any atom is -0.394 e. The number of nitrogens with zero attached hydrogens (tertiary/aromatic N) is 2. The fraction of sp³-hybridized carbons (Fsp3) is 0.143. The number of fused-ring (bicyclic) bond motifs is 1. The summed E-state index contributed by atoms with van der Waals surface area (Å²) >= 11 is 1.24. The maximum absolute atomic E-state index is 12.9. The van der Waals surface area contributed by atoms with Crippen LogP contribution < -0.4 is 5.32 Å². The van der Waals surface area contributed by atoms with Crippen molar-refractivity contribution in [3.8, 4) is 10.6 Å². The van der Waals surface area contributed by atoms with Crippen molar-refractivity contribution in [3.05, 3.63) is 78.1 Å². The molecule has 0 radical (unpaired) electrons. The summed E-state index contributed by atoms with van der Waals surface area (Å²) in [5.74, 6) is 0.520. The SMILES string of the molecule is OCC(Nc1cc(-c2cc3ccc(C(F)(F)F)cc3s2)ncn1)c1ccccc1. The van der Waals surface area contributed by atoms with Crippen molar-refractivity contribution in [3.63, 3.8) is 0 Å². The van der Waals surface area contributed by atoms with Gasteiger partial charge in [-0.3, -0.25) is 0 Å². The Morgan fingerprint density at radius 2 is 1.79 bits per heavy atom. The van der Waals surface area contributed by atoms with Gasteiger partial charge in [-0.05, 0) is 29.1 Å². The van der Waals surface area contributed by atoms with E-state index in [2.05, 4.69) is 15.3 Å². The van der Waals surface area contributed by atoms with Crippen LogP contribution in [0.3, 0.4) is 0 Å². The molecule has 0 aliphatic heterocycles. The summed E-state index contributed by atoms with van der Waals surface area (Å²) in [6.07, 6.45) is -2.98. The molecular formula is C21H16F3N3OS. The van der Waals surface area contributed by atoms with Crippen LogP contribution in [0.15, 0.2) is 67.0 Å². The van der Waals surface area contributed by atoms with Crippen LogP contribution in [0.2, 0.25) is 0 Å². The first-order valence-corrected chi connectivity index (χ1v) is 9.61. The standard InChI is InChI=1S/C21H16F3N3OS/c22-21(23,24)15-7-6-14-8-19(29-18(14)9-15)16-10-20(26-12-25-16)27-17(11-28)13-4-2-1-3-5-13/h1-10,12,17,28H,11H2,(H,25,26,27). The molecule has 29 heavy (non-hydrogen) atoms. The van der Waals surface area contributed by atoms with Crippen LogP contribution in [0, 0.1) is 0 Å². The third-order valence-electron chi connectivity index (χ3n) is 4.47. The van der Waals surface area contributed by atoms with Gasteiger partial charge in [0.15, 0.2) is 0 Å². The normalized spacial score (nSPS) is 12.8. The fourth-order valence-electron chi connectivity index (χ4n) is 3.00. The van der Waals surface area contributed by atoms with Crippen molar-refractivity contribution in [1.29, 1.82) is 0 Å². The van der Waals surface area contributed by atoms with Crippen LogP contribution >= 0.6 is 11.3 Å². The number of nitrogens with one attached hydrogen (secondary N) is 1. The fourth-order valence-corrected chi connectivity index (χ4v) is 4.07. The average molecular weight is 415 g/mol. The van der Waals surface area contributed by atoms with Crippen molar-refractivity contribution in [2.45, 2.75) is 12.2 Å². The van der Waals surface area contributed by atoms with Gasteiger partial charge in [-0.2, -0.15) is 13.2 Å². The largest absolute Gasteiger partial charge is 0.416 e. The van der Waals surface area contributed by atoms with Crippen LogP contribution in [0.4, 0.5) is 19.0 Å². The molecule has 0 bridgehead atoms. The molecular weight excluding hydrogens is 399 g/mol. The van der Waals surface area contributed by atoms with Crippen molar-refractivity contribution in [2.24, 2.45) is 0 Å².